The van der Waals surface area contributed by atoms with Crippen LogP contribution in [0.2, 0.25) is 0 Å². The molecule has 3 N–H and O–H groups in total. The molecular weight excluding hydrogens is 192 g/mol. The van der Waals surface area contributed by atoms with Gasteiger partial charge in [-0.3, -0.25) is 4.79 Å². The molecule has 4 nitrogen and oxygen atoms in total. The first-order chi connectivity index (χ1) is 7.10. The lowest BCUT2D eigenvalue weighted by Gasteiger charge is -2.38. The Morgan fingerprint density at radius 3 is 2.27 bits per heavy atom. The van der Waals surface area contributed by atoms with Crippen molar-refractivity contribution >= 4 is 5.91 Å². The summed E-state index contributed by atoms with van der Waals surface area (Å²) in [6, 6.07) is 0.513. The third kappa shape index (κ3) is 1.39. The largest absolute Gasteiger partial charge is 0.393 e. The molecule has 0 spiro atoms. The fourth-order valence-corrected chi connectivity index (χ4v) is 3.09. The number of amides is 1. The van der Waals surface area contributed by atoms with Crippen LogP contribution in [0, 0.1) is 0 Å². The second kappa shape index (κ2) is 2.95. The lowest BCUT2D eigenvalue weighted by Crippen LogP contribution is -2.54. The van der Waals surface area contributed by atoms with Crippen LogP contribution in [-0.4, -0.2) is 39.6 Å². The maximum absolute atomic E-state index is 12.2. The van der Waals surface area contributed by atoms with Gasteiger partial charge in [-0.2, -0.15) is 0 Å². The summed E-state index contributed by atoms with van der Waals surface area (Å²) in [6.45, 7) is 0. The van der Waals surface area contributed by atoms with Gasteiger partial charge < -0.3 is 15.7 Å². The molecule has 0 aromatic rings. The Kier molecular flexibility index (Phi) is 1.89. The summed E-state index contributed by atoms with van der Waals surface area (Å²) < 4.78 is 0. The third-order valence-corrected chi connectivity index (χ3v) is 4.16. The molecule has 0 aromatic carbocycles. The van der Waals surface area contributed by atoms with Crippen molar-refractivity contribution in [3.63, 3.8) is 0 Å². The maximum Gasteiger partial charge on any atom is 0.243 e. The van der Waals surface area contributed by atoms with Gasteiger partial charge in [0.1, 0.15) is 0 Å². The smallest absolute Gasteiger partial charge is 0.243 e. The Bertz CT molecular complexity index is 287. The third-order valence-electron chi connectivity index (χ3n) is 4.16. The topological polar surface area (TPSA) is 66.6 Å². The van der Waals surface area contributed by atoms with Crippen LogP contribution >= 0.6 is 0 Å². The van der Waals surface area contributed by atoms with E-state index in [9.17, 15) is 9.90 Å². The van der Waals surface area contributed by atoms with Crippen LogP contribution in [0.25, 0.3) is 0 Å². The van der Waals surface area contributed by atoms with Gasteiger partial charge in [-0.15, -0.1) is 0 Å². The van der Waals surface area contributed by atoms with Crippen molar-refractivity contribution in [3.8, 4) is 0 Å². The zero-order valence-electron chi connectivity index (χ0n) is 8.85. The van der Waals surface area contributed by atoms with E-state index in [0.717, 1.165) is 38.5 Å². The molecule has 84 valence electrons. The number of carbonyl (C=O) groups excluding carboxylic acids is 1. The highest BCUT2D eigenvalue weighted by Crippen LogP contribution is 2.42. The molecule has 2 bridgehead atoms. The Morgan fingerprint density at radius 1 is 1.27 bits per heavy atom. The van der Waals surface area contributed by atoms with Crippen molar-refractivity contribution in [2.45, 2.75) is 62.3 Å². The summed E-state index contributed by atoms with van der Waals surface area (Å²) in [6.07, 6.45) is 5.05. The highest BCUT2D eigenvalue weighted by molar-refractivity contribution is 5.89. The average Bonchev–Trinajstić information content (AvgIpc) is 2.87. The minimum absolute atomic E-state index is 0.141. The molecule has 2 saturated heterocycles. The van der Waals surface area contributed by atoms with Crippen molar-refractivity contribution in [1.82, 2.24) is 4.90 Å². The van der Waals surface area contributed by atoms with Gasteiger partial charge in [-0.05, 0) is 38.5 Å². The van der Waals surface area contributed by atoms with Gasteiger partial charge in [0.05, 0.1) is 11.6 Å². The van der Waals surface area contributed by atoms with Gasteiger partial charge >= 0.3 is 0 Å². The fraction of sp³-hybridized carbons (Fsp3) is 0.909. The molecule has 2 aliphatic heterocycles. The molecule has 1 amide bonds. The lowest BCUT2D eigenvalue weighted by atomic mass is 9.98. The minimum atomic E-state index is -0.539. The van der Waals surface area contributed by atoms with Crippen molar-refractivity contribution < 1.29 is 9.90 Å². The highest BCUT2D eigenvalue weighted by atomic mass is 16.3. The van der Waals surface area contributed by atoms with Crippen LogP contribution in [0.1, 0.15) is 38.5 Å². The number of nitrogens with two attached hydrogens (primary N) is 1. The second-order valence-electron chi connectivity index (χ2n) is 5.38. The molecule has 0 radical (unpaired) electrons. The van der Waals surface area contributed by atoms with E-state index in [1.807, 2.05) is 4.90 Å². The van der Waals surface area contributed by atoms with E-state index >= 15 is 0 Å². The SMILES string of the molecule is NC1(C(=O)N2C3CCC2CC(O)C3)CC1. The fourth-order valence-electron chi connectivity index (χ4n) is 3.09. The van der Waals surface area contributed by atoms with Crippen LogP contribution in [0.5, 0.6) is 0 Å². The molecule has 1 aliphatic carbocycles. The monoisotopic (exact) mass is 210 g/mol. The molecule has 2 heterocycles. The molecule has 2 atom stereocenters. The molecule has 15 heavy (non-hydrogen) atoms. The average molecular weight is 210 g/mol. The van der Waals surface area contributed by atoms with E-state index in [-0.39, 0.29) is 24.1 Å². The molecule has 3 rings (SSSR count). The highest BCUT2D eigenvalue weighted by Gasteiger charge is 2.53. The number of hydrogen-bond acceptors (Lipinski definition) is 3. The van der Waals surface area contributed by atoms with E-state index < -0.39 is 5.54 Å². The summed E-state index contributed by atoms with van der Waals surface area (Å²) in [5.41, 5.74) is 5.42. The van der Waals surface area contributed by atoms with Crippen molar-refractivity contribution in [3.05, 3.63) is 0 Å². The van der Waals surface area contributed by atoms with Crippen LogP contribution in [-0.2, 0) is 4.79 Å². The molecule has 1 saturated carbocycles. The number of fused-ring (bicyclic) bond motifs is 2. The normalized spacial score (nSPS) is 41.7. The maximum atomic E-state index is 12.2. The van der Waals surface area contributed by atoms with E-state index in [4.69, 9.17) is 5.73 Å². The van der Waals surface area contributed by atoms with E-state index in [1.165, 1.54) is 0 Å². The van der Waals surface area contributed by atoms with Gasteiger partial charge in [0.15, 0.2) is 0 Å². The first-order valence-corrected chi connectivity index (χ1v) is 5.90. The number of aliphatic hydroxyl groups is 1. The Balaban J connectivity index is 1.80. The standard InChI is InChI=1S/C11H18N2O2/c12-11(3-4-11)10(15)13-7-1-2-8(13)6-9(14)5-7/h7-9,14H,1-6,12H2. The van der Waals surface area contributed by atoms with E-state index in [1.54, 1.807) is 0 Å². The lowest BCUT2D eigenvalue weighted by molar-refractivity contribution is -0.139. The zero-order chi connectivity index (χ0) is 10.6. The van der Waals surface area contributed by atoms with Crippen molar-refractivity contribution in [2.24, 2.45) is 5.73 Å². The Hall–Kier alpha value is -0.610. The van der Waals surface area contributed by atoms with Crippen LogP contribution in [0.4, 0.5) is 0 Å². The van der Waals surface area contributed by atoms with Crippen molar-refractivity contribution in [2.75, 3.05) is 0 Å². The molecule has 3 aliphatic rings. The summed E-state index contributed by atoms with van der Waals surface area (Å²) in [5.74, 6) is 0.141. The number of hydrogen-bond donors (Lipinski definition) is 2. The van der Waals surface area contributed by atoms with Gasteiger partial charge in [0, 0.05) is 12.1 Å². The van der Waals surface area contributed by atoms with Gasteiger partial charge in [0.25, 0.3) is 0 Å². The first-order valence-electron chi connectivity index (χ1n) is 5.90. The predicted molar refractivity (Wildman–Crippen MR) is 55.0 cm³/mol. The van der Waals surface area contributed by atoms with Gasteiger partial charge in [0.2, 0.25) is 5.91 Å². The summed E-state index contributed by atoms with van der Waals surface area (Å²) >= 11 is 0. The first kappa shape index (κ1) is 9.60. The zero-order valence-corrected chi connectivity index (χ0v) is 8.85. The number of piperidine rings is 1. The summed E-state index contributed by atoms with van der Waals surface area (Å²) in [7, 11) is 0. The molecule has 0 aromatic heterocycles. The van der Waals surface area contributed by atoms with Crippen molar-refractivity contribution in [1.29, 1.82) is 0 Å². The minimum Gasteiger partial charge on any atom is -0.393 e. The number of rotatable bonds is 1. The molecular formula is C11H18N2O2. The Morgan fingerprint density at radius 2 is 1.80 bits per heavy atom. The van der Waals surface area contributed by atoms with Gasteiger partial charge in [-0.25, -0.2) is 0 Å². The summed E-state index contributed by atoms with van der Waals surface area (Å²) in [4.78, 5) is 14.2. The summed E-state index contributed by atoms with van der Waals surface area (Å²) in [5, 5.41) is 9.64. The second-order valence-corrected chi connectivity index (χ2v) is 5.38. The van der Waals surface area contributed by atoms with E-state index in [0.29, 0.717) is 0 Å². The quantitative estimate of drug-likeness (QED) is 0.640. The number of carbonyl (C=O) groups is 1. The molecule has 4 heteroatoms. The van der Waals surface area contributed by atoms with E-state index in [2.05, 4.69) is 0 Å². The number of nitrogens with zero attached hydrogens (tertiary/aromatic N) is 1. The van der Waals surface area contributed by atoms with Crippen LogP contribution in [0.3, 0.4) is 0 Å². The predicted octanol–water partition coefficient (Wildman–Crippen LogP) is -0.00800. The molecule has 3 fully saturated rings. The number of aliphatic hydroxyl groups excluding tert-OH is 1. The van der Waals surface area contributed by atoms with Gasteiger partial charge in [-0.1, -0.05) is 0 Å². The van der Waals surface area contributed by atoms with Crippen LogP contribution in [0.15, 0.2) is 0 Å². The molecule has 2 unspecified atom stereocenters. The Labute approximate surface area is 89.4 Å². The van der Waals surface area contributed by atoms with Crippen LogP contribution < -0.4 is 5.73 Å².